The SMILES string of the molecule is Cc1ccc(C)c(N2CCN(C(=O)c3cn[nH]n3)CC2)c1. The third kappa shape index (κ3) is 2.74. The van der Waals surface area contributed by atoms with Gasteiger partial charge in [0.25, 0.3) is 5.91 Å². The second-order valence-electron chi connectivity index (χ2n) is 5.42. The van der Waals surface area contributed by atoms with E-state index in [1.807, 2.05) is 4.90 Å². The average molecular weight is 285 g/mol. The summed E-state index contributed by atoms with van der Waals surface area (Å²) in [4.78, 5) is 16.4. The summed E-state index contributed by atoms with van der Waals surface area (Å²) in [5, 5.41) is 10.0. The van der Waals surface area contributed by atoms with E-state index in [4.69, 9.17) is 0 Å². The van der Waals surface area contributed by atoms with Crippen LogP contribution in [0, 0.1) is 13.8 Å². The molecule has 1 aromatic carbocycles. The van der Waals surface area contributed by atoms with Crippen LogP contribution in [0.15, 0.2) is 24.4 Å². The number of piperazine rings is 1. The third-order valence-corrected chi connectivity index (χ3v) is 3.91. The molecule has 0 spiro atoms. The van der Waals surface area contributed by atoms with Crippen LogP contribution in [0.3, 0.4) is 0 Å². The van der Waals surface area contributed by atoms with E-state index in [-0.39, 0.29) is 5.91 Å². The molecule has 2 heterocycles. The number of carbonyl (C=O) groups is 1. The van der Waals surface area contributed by atoms with E-state index < -0.39 is 0 Å². The minimum atomic E-state index is -0.0515. The van der Waals surface area contributed by atoms with E-state index >= 15 is 0 Å². The fourth-order valence-electron chi connectivity index (χ4n) is 2.68. The van der Waals surface area contributed by atoms with Crippen LogP contribution < -0.4 is 4.90 Å². The number of H-pyrrole nitrogens is 1. The molecule has 1 aliphatic rings. The number of nitrogens with one attached hydrogen (secondary N) is 1. The first-order chi connectivity index (χ1) is 10.1. The van der Waals surface area contributed by atoms with Crippen LogP contribution in [0.25, 0.3) is 0 Å². The van der Waals surface area contributed by atoms with Crippen molar-refractivity contribution in [1.29, 1.82) is 0 Å². The van der Waals surface area contributed by atoms with Gasteiger partial charge >= 0.3 is 0 Å². The maximum absolute atomic E-state index is 12.2. The zero-order chi connectivity index (χ0) is 14.8. The molecular formula is C15H19N5O. The van der Waals surface area contributed by atoms with E-state index in [2.05, 4.69) is 52.4 Å². The summed E-state index contributed by atoms with van der Waals surface area (Å²) in [5.41, 5.74) is 4.19. The molecule has 0 unspecified atom stereocenters. The van der Waals surface area contributed by atoms with Gasteiger partial charge < -0.3 is 9.80 Å². The number of anilines is 1. The fraction of sp³-hybridized carbons (Fsp3) is 0.400. The van der Waals surface area contributed by atoms with Gasteiger partial charge in [0.1, 0.15) is 0 Å². The van der Waals surface area contributed by atoms with E-state index in [0.29, 0.717) is 18.8 Å². The van der Waals surface area contributed by atoms with Gasteiger partial charge in [-0.05, 0) is 31.0 Å². The van der Waals surface area contributed by atoms with Crippen molar-refractivity contribution in [2.24, 2.45) is 0 Å². The van der Waals surface area contributed by atoms with E-state index in [1.54, 1.807) is 0 Å². The van der Waals surface area contributed by atoms with Crippen molar-refractivity contribution < 1.29 is 4.79 Å². The second kappa shape index (κ2) is 5.55. The second-order valence-corrected chi connectivity index (χ2v) is 5.42. The number of hydrogen-bond acceptors (Lipinski definition) is 4. The Bertz CT molecular complexity index is 630. The Kier molecular flexibility index (Phi) is 3.60. The molecule has 2 aromatic rings. The lowest BCUT2D eigenvalue weighted by atomic mass is 10.1. The highest BCUT2D eigenvalue weighted by Crippen LogP contribution is 2.23. The van der Waals surface area contributed by atoms with Gasteiger partial charge in [0.15, 0.2) is 5.69 Å². The molecule has 110 valence electrons. The van der Waals surface area contributed by atoms with Gasteiger partial charge in [-0.3, -0.25) is 4.79 Å². The van der Waals surface area contributed by atoms with Crippen molar-refractivity contribution in [2.45, 2.75) is 13.8 Å². The number of aryl methyl sites for hydroxylation is 2. The van der Waals surface area contributed by atoms with Gasteiger partial charge in [-0.2, -0.15) is 15.4 Å². The summed E-state index contributed by atoms with van der Waals surface area (Å²) in [7, 11) is 0. The van der Waals surface area contributed by atoms with Gasteiger partial charge in [-0.15, -0.1) is 0 Å². The maximum atomic E-state index is 12.2. The monoisotopic (exact) mass is 285 g/mol. The van der Waals surface area contributed by atoms with Crippen molar-refractivity contribution in [3.05, 3.63) is 41.2 Å². The highest BCUT2D eigenvalue weighted by molar-refractivity contribution is 5.92. The zero-order valence-electron chi connectivity index (χ0n) is 12.3. The molecule has 3 rings (SSSR count). The first kappa shape index (κ1) is 13.6. The van der Waals surface area contributed by atoms with Crippen molar-refractivity contribution in [3.8, 4) is 0 Å². The van der Waals surface area contributed by atoms with Crippen LogP contribution in [0.4, 0.5) is 5.69 Å². The highest BCUT2D eigenvalue weighted by atomic mass is 16.2. The molecule has 1 amide bonds. The minimum Gasteiger partial charge on any atom is -0.368 e. The number of aromatic amines is 1. The van der Waals surface area contributed by atoms with Crippen LogP contribution >= 0.6 is 0 Å². The van der Waals surface area contributed by atoms with Gasteiger partial charge in [-0.1, -0.05) is 12.1 Å². The minimum absolute atomic E-state index is 0.0515. The smallest absolute Gasteiger partial charge is 0.276 e. The Morgan fingerprint density at radius 1 is 1.19 bits per heavy atom. The molecule has 1 aromatic heterocycles. The molecule has 0 radical (unpaired) electrons. The largest absolute Gasteiger partial charge is 0.368 e. The summed E-state index contributed by atoms with van der Waals surface area (Å²) in [6, 6.07) is 6.49. The predicted molar refractivity (Wildman–Crippen MR) is 80.4 cm³/mol. The third-order valence-electron chi connectivity index (χ3n) is 3.91. The van der Waals surface area contributed by atoms with Crippen molar-refractivity contribution in [2.75, 3.05) is 31.1 Å². The van der Waals surface area contributed by atoms with Crippen LogP contribution in [-0.2, 0) is 0 Å². The van der Waals surface area contributed by atoms with Gasteiger partial charge in [-0.25, -0.2) is 0 Å². The molecule has 1 saturated heterocycles. The average Bonchev–Trinajstić information content (AvgIpc) is 3.03. The van der Waals surface area contributed by atoms with Crippen LogP contribution in [0.2, 0.25) is 0 Å². The fourth-order valence-corrected chi connectivity index (χ4v) is 2.68. The van der Waals surface area contributed by atoms with Crippen LogP contribution in [0.5, 0.6) is 0 Å². The number of amides is 1. The quantitative estimate of drug-likeness (QED) is 0.905. The van der Waals surface area contributed by atoms with Gasteiger partial charge in [0.2, 0.25) is 0 Å². The standard InChI is InChI=1S/C15H19N5O/c1-11-3-4-12(2)14(9-11)19-5-7-20(8-6-19)15(21)13-10-16-18-17-13/h3-4,9-10H,5-8H2,1-2H3,(H,16,17,18). The molecule has 6 nitrogen and oxygen atoms in total. The molecule has 0 aliphatic carbocycles. The summed E-state index contributed by atoms with van der Waals surface area (Å²) in [6.07, 6.45) is 1.47. The molecule has 0 bridgehead atoms. The lowest BCUT2D eigenvalue weighted by Crippen LogP contribution is -2.49. The number of carbonyl (C=O) groups excluding carboxylic acids is 1. The van der Waals surface area contributed by atoms with E-state index in [9.17, 15) is 4.79 Å². The summed E-state index contributed by atoms with van der Waals surface area (Å²) < 4.78 is 0. The Hall–Kier alpha value is -2.37. The zero-order valence-corrected chi connectivity index (χ0v) is 12.3. The van der Waals surface area contributed by atoms with Crippen molar-refractivity contribution >= 4 is 11.6 Å². The first-order valence-corrected chi connectivity index (χ1v) is 7.12. The summed E-state index contributed by atoms with van der Waals surface area (Å²) >= 11 is 0. The number of hydrogen-bond donors (Lipinski definition) is 1. The van der Waals surface area contributed by atoms with Gasteiger partial charge in [0, 0.05) is 31.9 Å². The highest BCUT2D eigenvalue weighted by Gasteiger charge is 2.24. The topological polar surface area (TPSA) is 65.1 Å². The van der Waals surface area contributed by atoms with Crippen molar-refractivity contribution in [3.63, 3.8) is 0 Å². The Labute approximate surface area is 123 Å². The first-order valence-electron chi connectivity index (χ1n) is 7.12. The lowest BCUT2D eigenvalue weighted by molar-refractivity contribution is 0.0741. The maximum Gasteiger partial charge on any atom is 0.276 e. The number of rotatable bonds is 2. The Morgan fingerprint density at radius 2 is 1.95 bits per heavy atom. The number of nitrogens with zero attached hydrogens (tertiary/aromatic N) is 4. The lowest BCUT2D eigenvalue weighted by Gasteiger charge is -2.36. The Morgan fingerprint density at radius 3 is 2.62 bits per heavy atom. The normalized spacial score (nSPS) is 15.3. The van der Waals surface area contributed by atoms with E-state index in [0.717, 1.165) is 13.1 Å². The molecule has 1 N–H and O–H groups in total. The molecular weight excluding hydrogens is 266 g/mol. The summed E-state index contributed by atoms with van der Waals surface area (Å²) in [5.74, 6) is -0.0515. The van der Waals surface area contributed by atoms with E-state index in [1.165, 1.54) is 23.0 Å². The number of benzene rings is 1. The molecule has 0 atom stereocenters. The molecule has 6 heteroatoms. The van der Waals surface area contributed by atoms with Crippen LogP contribution in [0.1, 0.15) is 21.6 Å². The van der Waals surface area contributed by atoms with Crippen LogP contribution in [-0.4, -0.2) is 52.4 Å². The molecule has 1 aliphatic heterocycles. The number of aromatic nitrogens is 3. The van der Waals surface area contributed by atoms with Gasteiger partial charge in [0.05, 0.1) is 6.20 Å². The summed E-state index contributed by atoms with van der Waals surface area (Å²) in [6.45, 7) is 7.33. The molecule has 21 heavy (non-hydrogen) atoms. The van der Waals surface area contributed by atoms with Crippen molar-refractivity contribution in [1.82, 2.24) is 20.3 Å². The molecule has 0 saturated carbocycles. The predicted octanol–water partition coefficient (Wildman–Crippen LogP) is 1.38. The Balaban J connectivity index is 1.68. The molecule has 1 fully saturated rings.